The maximum absolute atomic E-state index is 11.2. The van der Waals surface area contributed by atoms with Crippen LogP contribution >= 0.6 is 0 Å². The molecule has 130 valence electrons. The number of fused-ring (bicyclic) bond motifs is 1. The molecule has 0 aliphatic rings. The number of unbranched alkanes of at least 4 members (excludes halogenated alkanes) is 1. The summed E-state index contributed by atoms with van der Waals surface area (Å²) in [4.78, 5) is 18.3. The van der Waals surface area contributed by atoms with E-state index in [1.807, 2.05) is 12.1 Å². The van der Waals surface area contributed by atoms with Crippen LogP contribution in [0.2, 0.25) is 0 Å². The molecule has 0 spiro atoms. The Morgan fingerprint density at radius 1 is 1.38 bits per heavy atom. The number of esters is 1. The van der Waals surface area contributed by atoms with Gasteiger partial charge < -0.3 is 14.2 Å². The van der Waals surface area contributed by atoms with E-state index in [0.717, 1.165) is 54.8 Å². The van der Waals surface area contributed by atoms with Crippen molar-refractivity contribution in [3.8, 4) is 0 Å². The van der Waals surface area contributed by atoms with Gasteiger partial charge in [0.15, 0.2) is 0 Å². The van der Waals surface area contributed by atoms with Crippen molar-refractivity contribution in [3.63, 3.8) is 0 Å². The summed E-state index contributed by atoms with van der Waals surface area (Å²) in [5, 5.41) is 0. The molecule has 0 fully saturated rings. The molecule has 5 heteroatoms. The minimum atomic E-state index is -0.352. The quantitative estimate of drug-likeness (QED) is 0.551. The summed E-state index contributed by atoms with van der Waals surface area (Å²) in [6, 6.07) is 6.12. The average molecular weight is 329 g/mol. The molecule has 0 amide bonds. The molecule has 0 radical (unpaired) electrons. The van der Waals surface area contributed by atoms with Crippen LogP contribution in [0.1, 0.15) is 31.2 Å². The average Bonchev–Trinajstić information content (AvgIpc) is 2.92. The van der Waals surface area contributed by atoms with Crippen molar-refractivity contribution in [2.24, 2.45) is 0 Å². The molecule has 1 aromatic heterocycles. The predicted molar refractivity (Wildman–Crippen MR) is 97.9 cm³/mol. The Morgan fingerprint density at radius 2 is 2.17 bits per heavy atom. The molecule has 1 heterocycles. The molecule has 1 aromatic carbocycles. The molecular weight excluding hydrogens is 302 g/mol. The summed E-state index contributed by atoms with van der Waals surface area (Å²) >= 11 is 0. The first-order valence-corrected chi connectivity index (χ1v) is 8.45. The van der Waals surface area contributed by atoms with Gasteiger partial charge in [-0.25, -0.2) is 9.78 Å². The van der Waals surface area contributed by atoms with E-state index in [1.165, 1.54) is 13.2 Å². The maximum Gasteiger partial charge on any atom is 0.330 e. The Morgan fingerprint density at radius 3 is 2.83 bits per heavy atom. The highest BCUT2D eigenvalue weighted by atomic mass is 16.5. The number of hydrogen-bond donors (Lipinski definition) is 0. The van der Waals surface area contributed by atoms with Crippen LogP contribution in [-0.4, -0.2) is 48.2 Å². The molecule has 0 aliphatic heterocycles. The third kappa shape index (κ3) is 4.68. The van der Waals surface area contributed by atoms with Gasteiger partial charge in [0.05, 0.1) is 18.1 Å². The van der Waals surface area contributed by atoms with Crippen LogP contribution in [0, 0.1) is 0 Å². The lowest BCUT2D eigenvalue weighted by Gasteiger charge is -2.13. The van der Waals surface area contributed by atoms with Gasteiger partial charge >= 0.3 is 5.97 Å². The number of aromatic nitrogens is 2. The lowest BCUT2D eigenvalue weighted by atomic mass is 10.2. The summed E-state index contributed by atoms with van der Waals surface area (Å²) < 4.78 is 6.95. The highest BCUT2D eigenvalue weighted by Gasteiger charge is 2.11. The summed E-state index contributed by atoms with van der Waals surface area (Å²) in [6.45, 7) is 4.11. The number of nitrogens with zero attached hydrogens (tertiary/aromatic N) is 3. The van der Waals surface area contributed by atoms with Gasteiger partial charge in [0.1, 0.15) is 5.82 Å². The number of imidazole rings is 1. The second kappa shape index (κ2) is 8.64. The number of hydrogen-bond acceptors (Lipinski definition) is 4. The number of aryl methyl sites for hydroxylation is 1. The van der Waals surface area contributed by atoms with Crippen LogP contribution < -0.4 is 0 Å². The number of benzene rings is 1. The smallest absolute Gasteiger partial charge is 0.330 e. The van der Waals surface area contributed by atoms with E-state index >= 15 is 0 Å². The van der Waals surface area contributed by atoms with E-state index in [2.05, 4.69) is 41.3 Å². The van der Waals surface area contributed by atoms with Crippen LogP contribution in [0.5, 0.6) is 0 Å². The Kier molecular flexibility index (Phi) is 6.55. The molecule has 2 rings (SSSR count). The fourth-order valence-corrected chi connectivity index (χ4v) is 2.61. The van der Waals surface area contributed by atoms with Gasteiger partial charge in [0, 0.05) is 25.6 Å². The number of carbonyl (C=O) groups excluding carboxylic acids is 1. The molecular formula is C19H27N3O2. The topological polar surface area (TPSA) is 47.4 Å². The number of ether oxygens (including phenoxy) is 1. The normalized spacial score (nSPS) is 11.7. The number of rotatable bonds is 8. The highest BCUT2D eigenvalue weighted by Crippen LogP contribution is 2.20. The van der Waals surface area contributed by atoms with Crippen molar-refractivity contribution in [2.45, 2.75) is 32.7 Å². The van der Waals surface area contributed by atoms with Gasteiger partial charge in [-0.2, -0.15) is 0 Å². The molecule has 2 aromatic rings. The Labute approximate surface area is 143 Å². The van der Waals surface area contributed by atoms with E-state index in [0.29, 0.717) is 0 Å². The first-order valence-electron chi connectivity index (χ1n) is 8.45. The standard InChI is InChI=1S/C19H27N3O2/c1-5-6-7-18-20-16-14-15(9-11-19(23)24-4)8-10-17(16)22(18)13-12-21(2)3/h8-11,14H,5-7,12-13H2,1-4H3/b11-9+. The monoisotopic (exact) mass is 329 g/mol. The third-order valence-corrected chi connectivity index (χ3v) is 3.99. The number of methoxy groups -OCH3 is 1. The van der Waals surface area contributed by atoms with Crippen molar-refractivity contribution < 1.29 is 9.53 Å². The zero-order chi connectivity index (χ0) is 17.5. The number of carbonyl (C=O) groups is 1. The van der Waals surface area contributed by atoms with Crippen LogP contribution in [0.15, 0.2) is 24.3 Å². The summed E-state index contributed by atoms with van der Waals surface area (Å²) in [7, 11) is 5.55. The molecule has 0 bridgehead atoms. The molecule has 0 saturated heterocycles. The van der Waals surface area contributed by atoms with Gasteiger partial charge in [-0.1, -0.05) is 19.4 Å². The molecule has 5 nitrogen and oxygen atoms in total. The molecule has 0 atom stereocenters. The highest BCUT2D eigenvalue weighted by molar-refractivity contribution is 5.88. The second-order valence-corrected chi connectivity index (χ2v) is 6.19. The van der Waals surface area contributed by atoms with Crippen molar-refractivity contribution >= 4 is 23.1 Å². The lowest BCUT2D eigenvalue weighted by Crippen LogP contribution is -2.19. The van der Waals surface area contributed by atoms with Crippen LogP contribution in [-0.2, 0) is 22.5 Å². The second-order valence-electron chi connectivity index (χ2n) is 6.19. The molecule has 0 aliphatic carbocycles. The fraction of sp³-hybridized carbons (Fsp3) is 0.474. The van der Waals surface area contributed by atoms with Crippen molar-refractivity contribution in [2.75, 3.05) is 27.7 Å². The van der Waals surface area contributed by atoms with Crippen molar-refractivity contribution in [1.82, 2.24) is 14.5 Å². The third-order valence-electron chi connectivity index (χ3n) is 3.99. The minimum absolute atomic E-state index is 0.352. The predicted octanol–water partition coefficient (Wildman–Crippen LogP) is 3.13. The summed E-state index contributed by atoms with van der Waals surface area (Å²) in [6.07, 6.45) is 6.48. The van der Waals surface area contributed by atoms with E-state index in [1.54, 1.807) is 6.08 Å². The van der Waals surface area contributed by atoms with Crippen LogP contribution in [0.25, 0.3) is 17.1 Å². The maximum atomic E-state index is 11.2. The van der Waals surface area contributed by atoms with E-state index in [4.69, 9.17) is 4.98 Å². The summed E-state index contributed by atoms with van der Waals surface area (Å²) in [5.41, 5.74) is 3.08. The van der Waals surface area contributed by atoms with Crippen molar-refractivity contribution in [1.29, 1.82) is 0 Å². The first-order chi connectivity index (χ1) is 11.5. The number of likely N-dealkylation sites (N-methyl/N-ethyl adjacent to an activating group) is 1. The molecule has 0 saturated carbocycles. The Hall–Kier alpha value is -2.14. The molecule has 0 unspecified atom stereocenters. The van der Waals surface area contributed by atoms with E-state index < -0.39 is 0 Å². The molecule has 24 heavy (non-hydrogen) atoms. The van der Waals surface area contributed by atoms with Gasteiger partial charge in [0.25, 0.3) is 0 Å². The van der Waals surface area contributed by atoms with E-state index in [9.17, 15) is 4.79 Å². The van der Waals surface area contributed by atoms with Gasteiger partial charge in [-0.15, -0.1) is 0 Å². The zero-order valence-corrected chi connectivity index (χ0v) is 15.1. The Bertz CT molecular complexity index is 717. The lowest BCUT2D eigenvalue weighted by molar-refractivity contribution is -0.134. The van der Waals surface area contributed by atoms with Gasteiger partial charge in [0.2, 0.25) is 0 Å². The van der Waals surface area contributed by atoms with Gasteiger partial charge in [-0.05, 0) is 44.3 Å². The fourth-order valence-electron chi connectivity index (χ4n) is 2.61. The SMILES string of the molecule is CCCCc1nc2cc(/C=C/C(=O)OC)ccc2n1CCN(C)C. The molecule has 0 N–H and O–H groups in total. The van der Waals surface area contributed by atoms with Crippen molar-refractivity contribution in [3.05, 3.63) is 35.7 Å². The van der Waals surface area contributed by atoms with Crippen LogP contribution in [0.4, 0.5) is 0 Å². The zero-order valence-electron chi connectivity index (χ0n) is 15.1. The Balaban J connectivity index is 2.34. The van der Waals surface area contributed by atoms with Crippen LogP contribution in [0.3, 0.4) is 0 Å². The van der Waals surface area contributed by atoms with E-state index in [-0.39, 0.29) is 5.97 Å². The summed E-state index contributed by atoms with van der Waals surface area (Å²) in [5.74, 6) is 0.790. The largest absolute Gasteiger partial charge is 0.466 e. The minimum Gasteiger partial charge on any atom is -0.466 e. The van der Waals surface area contributed by atoms with Gasteiger partial charge in [-0.3, -0.25) is 0 Å². The first kappa shape index (κ1) is 18.2.